The molecule has 0 radical (unpaired) electrons. The van der Waals surface area contributed by atoms with E-state index in [4.69, 9.17) is 9.52 Å². The second-order valence-corrected chi connectivity index (χ2v) is 4.06. The minimum absolute atomic E-state index is 0.215. The Bertz CT molecular complexity index is 780. The highest BCUT2D eigenvalue weighted by molar-refractivity contribution is 5.84. The first-order valence-corrected chi connectivity index (χ1v) is 5.56. The Morgan fingerprint density at radius 2 is 2.11 bits per heavy atom. The van der Waals surface area contributed by atoms with Crippen LogP contribution in [0.4, 0.5) is 0 Å². The summed E-state index contributed by atoms with van der Waals surface area (Å²) in [4.78, 5) is 22.9. The fourth-order valence-corrected chi connectivity index (χ4v) is 1.83. The average Bonchev–Trinajstić information content (AvgIpc) is 2.85. The van der Waals surface area contributed by atoms with Crippen molar-refractivity contribution in [1.82, 2.24) is 15.0 Å². The molecule has 1 aromatic carbocycles. The maximum atomic E-state index is 11.0. The normalized spacial score (nSPS) is 10.8. The number of nitrogens with zero attached hydrogens (tertiary/aromatic N) is 3. The lowest BCUT2D eigenvalue weighted by Gasteiger charge is -2.03. The van der Waals surface area contributed by atoms with Crippen molar-refractivity contribution in [2.75, 3.05) is 0 Å². The summed E-state index contributed by atoms with van der Waals surface area (Å²) < 4.78 is 5.22. The molecule has 0 saturated heterocycles. The van der Waals surface area contributed by atoms with Crippen molar-refractivity contribution in [3.8, 4) is 11.3 Å². The molecule has 0 saturated carbocycles. The predicted octanol–water partition coefficient (Wildman–Crippen LogP) is 2.29. The number of aromatic nitrogens is 3. The number of fused-ring (bicyclic) bond motifs is 1. The van der Waals surface area contributed by atoms with Crippen LogP contribution in [0.1, 0.15) is 16.3 Å². The smallest absolute Gasteiger partial charge is 0.373 e. The molecule has 0 bridgehead atoms. The van der Waals surface area contributed by atoms with E-state index in [2.05, 4.69) is 15.0 Å². The third kappa shape index (κ3) is 2.03. The number of rotatable bonds is 2. The zero-order valence-corrected chi connectivity index (χ0v) is 9.99. The third-order valence-electron chi connectivity index (χ3n) is 2.67. The molecule has 2 heterocycles. The van der Waals surface area contributed by atoms with Crippen molar-refractivity contribution in [3.63, 3.8) is 0 Å². The summed E-state index contributed by atoms with van der Waals surface area (Å²) in [6, 6.07) is 7.12. The van der Waals surface area contributed by atoms with Gasteiger partial charge in [-0.25, -0.2) is 19.7 Å². The van der Waals surface area contributed by atoms with Crippen molar-refractivity contribution in [2.45, 2.75) is 6.92 Å². The average molecular weight is 255 g/mol. The molecule has 19 heavy (non-hydrogen) atoms. The summed E-state index contributed by atoms with van der Waals surface area (Å²) in [6.07, 6.45) is 1.36. The zero-order chi connectivity index (χ0) is 13.4. The second-order valence-electron chi connectivity index (χ2n) is 4.06. The maximum Gasteiger partial charge on any atom is 0.373 e. The molecule has 0 unspecified atom stereocenters. The Hall–Kier alpha value is -2.76. The van der Waals surface area contributed by atoms with E-state index < -0.39 is 5.97 Å². The van der Waals surface area contributed by atoms with Crippen molar-refractivity contribution in [2.24, 2.45) is 0 Å². The molecular formula is C13H9N3O3. The molecular weight excluding hydrogens is 246 g/mol. The van der Waals surface area contributed by atoms with Crippen LogP contribution in [0.5, 0.6) is 0 Å². The van der Waals surface area contributed by atoms with Crippen LogP contribution in [0.2, 0.25) is 0 Å². The van der Waals surface area contributed by atoms with E-state index in [1.165, 1.54) is 6.39 Å². The molecule has 0 atom stereocenters. The predicted molar refractivity (Wildman–Crippen MR) is 66.7 cm³/mol. The highest BCUT2D eigenvalue weighted by Crippen LogP contribution is 2.22. The lowest BCUT2D eigenvalue weighted by Crippen LogP contribution is -2.06. The number of hydrogen-bond acceptors (Lipinski definition) is 5. The van der Waals surface area contributed by atoms with Gasteiger partial charge in [-0.1, -0.05) is 6.07 Å². The van der Waals surface area contributed by atoms with Gasteiger partial charge in [0.05, 0.1) is 5.69 Å². The topological polar surface area (TPSA) is 89.1 Å². The van der Waals surface area contributed by atoms with Gasteiger partial charge in [-0.05, 0) is 25.1 Å². The molecule has 0 fully saturated rings. The lowest BCUT2D eigenvalue weighted by molar-refractivity contribution is 0.0683. The van der Waals surface area contributed by atoms with E-state index in [1.807, 2.05) is 6.07 Å². The lowest BCUT2D eigenvalue weighted by atomic mass is 10.1. The third-order valence-corrected chi connectivity index (χ3v) is 2.67. The Labute approximate surface area is 107 Å². The molecule has 0 aliphatic carbocycles. The van der Waals surface area contributed by atoms with Crippen LogP contribution in [-0.2, 0) is 0 Å². The standard InChI is InChI=1S/C13H9N3O3/c1-7-4-10(16-12(15-7)13(17)18)8-2-3-9-11(5-8)19-6-14-9/h2-6H,1H3,(H,17,18). The van der Waals surface area contributed by atoms with E-state index in [0.717, 1.165) is 11.1 Å². The summed E-state index contributed by atoms with van der Waals surface area (Å²) in [5, 5.41) is 8.97. The number of benzene rings is 1. The summed E-state index contributed by atoms with van der Waals surface area (Å²) >= 11 is 0. The van der Waals surface area contributed by atoms with Crippen LogP contribution in [0.25, 0.3) is 22.4 Å². The highest BCUT2D eigenvalue weighted by atomic mass is 16.4. The van der Waals surface area contributed by atoms with Crippen molar-refractivity contribution in [1.29, 1.82) is 0 Å². The SMILES string of the molecule is Cc1cc(-c2ccc3ncoc3c2)nc(C(=O)O)n1. The fourth-order valence-electron chi connectivity index (χ4n) is 1.83. The molecule has 3 aromatic rings. The first-order chi connectivity index (χ1) is 9.13. The van der Waals surface area contributed by atoms with Gasteiger partial charge < -0.3 is 9.52 Å². The van der Waals surface area contributed by atoms with Gasteiger partial charge in [0.2, 0.25) is 5.82 Å². The largest absolute Gasteiger partial charge is 0.475 e. The molecule has 1 N–H and O–H groups in total. The van der Waals surface area contributed by atoms with Gasteiger partial charge >= 0.3 is 5.97 Å². The van der Waals surface area contributed by atoms with E-state index in [1.54, 1.807) is 25.1 Å². The number of carbonyl (C=O) groups is 1. The number of carboxylic acid groups (broad SMARTS) is 1. The number of oxazole rings is 1. The molecule has 0 aliphatic rings. The van der Waals surface area contributed by atoms with E-state index in [9.17, 15) is 4.79 Å². The monoisotopic (exact) mass is 255 g/mol. The minimum Gasteiger partial charge on any atom is -0.475 e. The first-order valence-electron chi connectivity index (χ1n) is 5.56. The van der Waals surface area contributed by atoms with Crippen LogP contribution >= 0.6 is 0 Å². The van der Waals surface area contributed by atoms with Gasteiger partial charge in [0.25, 0.3) is 0 Å². The van der Waals surface area contributed by atoms with Crippen LogP contribution in [0.15, 0.2) is 35.1 Å². The first kappa shape index (κ1) is 11.3. The van der Waals surface area contributed by atoms with E-state index >= 15 is 0 Å². The molecule has 0 aliphatic heterocycles. The Morgan fingerprint density at radius 3 is 2.89 bits per heavy atom. The van der Waals surface area contributed by atoms with Crippen molar-refractivity contribution < 1.29 is 14.3 Å². The summed E-state index contributed by atoms with van der Waals surface area (Å²) in [5.74, 6) is -1.36. The molecule has 94 valence electrons. The van der Waals surface area contributed by atoms with Crippen LogP contribution in [-0.4, -0.2) is 26.0 Å². The number of aryl methyl sites for hydroxylation is 1. The molecule has 6 heteroatoms. The molecule has 2 aromatic heterocycles. The van der Waals surface area contributed by atoms with Gasteiger partial charge in [-0.3, -0.25) is 0 Å². The molecule has 0 amide bonds. The van der Waals surface area contributed by atoms with E-state index in [-0.39, 0.29) is 5.82 Å². The zero-order valence-electron chi connectivity index (χ0n) is 9.99. The minimum atomic E-state index is -1.15. The van der Waals surface area contributed by atoms with Crippen LogP contribution in [0.3, 0.4) is 0 Å². The maximum absolute atomic E-state index is 11.0. The molecule has 6 nitrogen and oxygen atoms in total. The van der Waals surface area contributed by atoms with Crippen molar-refractivity contribution >= 4 is 17.1 Å². The fraction of sp³-hybridized carbons (Fsp3) is 0.0769. The summed E-state index contributed by atoms with van der Waals surface area (Å²) in [6.45, 7) is 1.73. The Morgan fingerprint density at radius 1 is 1.26 bits per heavy atom. The molecule has 3 rings (SSSR count). The van der Waals surface area contributed by atoms with Crippen molar-refractivity contribution in [3.05, 3.63) is 42.2 Å². The number of aromatic carboxylic acids is 1. The second kappa shape index (κ2) is 4.16. The Balaban J connectivity index is 2.17. The Kier molecular flexibility index (Phi) is 2.49. The van der Waals surface area contributed by atoms with Crippen LogP contribution in [0, 0.1) is 6.92 Å². The van der Waals surface area contributed by atoms with Gasteiger partial charge in [-0.15, -0.1) is 0 Å². The van der Waals surface area contributed by atoms with Gasteiger partial charge in [0.1, 0.15) is 5.52 Å². The van der Waals surface area contributed by atoms with E-state index in [0.29, 0.717) is 17.0 Å². The van der Waals surface area contributed by atoms with Crippen LogP contribution < -0.4 is 0 Å². The summed E-state index contributed by atoms with van der Waals surface area (Å²) in [5.41, 5.74) is 3.28. The number of carboxylic acids is 1. The van der Waals surface area contributed by atoms with Gasteiger partial charge in [0, 0.05) is 11.3 Å². The number of hydrogen-bond donors (Lipinski definition) is 1. The molecule has 0 spiro atoms. The highest BCUT2D eigenvalue weighted by Gasteiger charge is 2.11. The van der Waals surface area contributed by atoms with Gasteiger partial charge in [0.15, 0.2) is 12.0 Å². The van der Waals surface area contributed by atoms with Gasteiger partial charge in [-0.2, -0.15) is 0 Å². The quantitative estimate of drug-likeness (QED) is 0.755. The summed E-state index contributed by atoms with van der Waals surface area (Å²) in [7, 11) is 0.